The van der Waals surface area contributed by atoms with E-state index in [9.17, 15) is 18.9 Å². The van der Waals surface area contributed by atoms with Crippen LogP contribution in [0.4, 0.5) is 5.69 Å². The van der Waals surface area contributed by atoms with Gasteiger partial charge in [-0.05, 0) is 73.4 Å². The molecule has 4 N–H and O–H groups in total. The smallest absolute Gasteiger partial charge is 0.303 e. The summed E-state index contributed by atoms with van der Waals surface area (Å²) in [6, 6.07) is 19.8. The lowest BCUT2D eigenvalue weighted by Gasteiger charge is -2.30. The number of carboxylic acids is 1. The van der Waals surface area contributed by atoms with Crippen molar-refractivity contribution in [3.05, 3.63) is 101 Å². The molecule has 39 heavy (non-hydrogen) atoms. The van der Waals surface area contributed by atoms with Crippen molar-refractivity contribution in [2.75, 3.05) is 18.9 Å². The second-order valence-corrected chi connectivity index (χ2v) is 10.7. The lowest BCUT2D eigenvalue weighted by Crippen LogP contribution is -2.33. The van der Waals surface area contributed by atoms with Crippen molar-refractivity contribution in [3.8, 4) is 5.75 Å². The summed E-state index contributed by atoms with van der Waals surface area (Å²) >= 11 is 0. The lowest BCUT2D eigenvalue weighted by molar-refractivity contribution is -0.136. The number of rotatable bonds is 11. The first-order valence-electron chi connectivity index (χ1n) is 12.9. The number of nitrogens with two attached hydrogens (primary N) is 1. The van der Waals surface area contributed by atoms with Crippen molar-refractivity contribution in [1.29, 1.82) is 0 Å². The molecule has 1 heterocycles. The normalized spacial score (nSPS) is 14.3. The largest absolute Gasteiger partial charge is 0.493 e. The highest BCUT2D eigenvalue weighted by atomic mass is 32.2. The van der Waals surface area contributed by atoms with Crippen LogP contribution in [0, 0.1) is 0 Å². The molecular formula is C30H33N3O5S. The van der Waals surface area contributed by atoms with Crippen LogP contribution in [-0.4, -0.2) is 38.6 Å². The van der Waals surface area contributed by atoms with Gasteiger partial charge in [-0.3, -0.25) is 9.59 Å². The number of hydrogen-bond acceptors (Lipinski definition) is 5. The Hall–Kier alpha value is -3.95. The molecule has 4 rings (SSSR count). The van der Waals surface area contributed by atoms with Gasteiger partial charge in [-0.1, -0.05) is 30.3 Å². The molecule has 1 aliphatic rings. The van der Waals surface area contributed by atoms with E-state index in [1.54, 1.807) is 36.4 Å². The molecule has 8 nitrogen and oxygen atoms in total. The molecule has 0 saturated carbocycles. The molecule has 0 spiro atoms. The van der Waals surface area contributed by atoms with Gasteiger partial charge in [0, 0.05) is 48.4 Å². The number of nitrogens with one attached hydrogen (secondary N) is 1. The minimum Gasteiger partial charge on any atom is -0.493 e. The van der Waals surface area contributed by atoms with E-state index in [2.05, 4.69) is 5.32 Å². The molecular weight excluding hydrogens is 514 g/mol. The van der Waals surface area contributed by atoms with E-state index in [0.717, 1.165) is 28.1 Å². The van der Waals surface area contributed by atoms with Gasteiger partial charge >= 0.3 is 5.97 Å². The number of allylic oxidation sites excluding steroid dienone is 1. The van der Waals surface area contributed by atoms with Crippen LogP contribution in [0.15, 0.2) is 83.4 Å². The summed E-state index contributed by atoms with van der Waals surface area (Å²) in [5.74, 6) is -0.302. The van der Waals surface area contributed by atoms with Crippen molar-refractivity contribution in [2.45, 2.75) is 44.0 Å². The molecule has 3 aromatic carbocycles. The van der Waals surface area contributed by atoms with Gasteiger partial charge in [-0.25, -0.2) is 8.51 Å². The molecule has 1 atom stereocenters. The summed E-state index contributed by atoms with van der Waals surface area (Å²) in [6.07, 6.45) is 3.39. The summed E-state index contributed by atoms with van der Waals surface area (Å²) in [5, 5.41) is 12.2. The van der Waals surface area contributed by atoms with Crippen LogP contribution in [0.1, 0.15) is 46.8 Å². The number of amides is 1. The van der Waals surface area contributed by atoms with Crippen LogP contribution < -0.4 is 15.8 Å². The Balaban J connectivity index is 1.47. The van der Waals surface area contributed by atoms with Crippen molar-refractivity contribution in [3.63, 3.8) is 0 Å². The molecule has 0 fully saturated rings. The van der Waals surface area contributed by atoms with E-state index in [1.807, 2.05) is 47.6 Å². The average molecular weight is 548 g/mol. The lowest BCUT2D eigenvalue weighted by atomic mass is 9.92. The van der Waals surface area contributed by atoms with Gasteiger partial charge in [0.15, 0.2) is 0 Å². The number of ether oxygens (including phenoxy) is 1. The van der Waals surface area contributed by atoms with Crippen molar-refractivity contribution in [1.82, 2.24) is 9.62 Å². The van der Waals surface area contributed by atoms with E-state index >= 15 is 0 Å². The Labute approximate surface area is 231 Å². The first kappa shape index (κ1) is 28.1. The van der Waals surface area contributed by atoms with Gasteiger partial charge in [0.2, 0.25) is 0 Å². The highest BCUT2D eigenvalue weighted by molar-refractivity contribution is 7.82. The van der Waals surface area contributed by atoms with Crippen LogP contribution in [0.5, 0.6) is 5.75 Å². The Morgan fingerprint density at radius 3 is 2.49 bits per heavy atom. The van der Waals surface area contributed by atoms with Crippen LogP contribution in [0.2, 0.25) is 0 Å². The number of nitrogen functional groups attached to an aromatic ring is 1. The molecule has 1 aliphatic heterocycles. The maximum Gasteiger partial charge on any atom is 0.303 e. The summed E-state index contributed by atoms with van der Waals surface area (Å²) < 4.78 is 21.4. The Morgan fingerprint density at radius 1 is 1.05 bits per heavy atom. The molecule has 0 aliphatic carbocycles. The standard InChI is InChI=1S/C30H33N3O5S/c1-2-24(32-30(36)22-6-4-3-5-7-22)17-19-38-28-14-8-21(9-15-29(34)35)27-20-33(18-16-26(27)28)39(37)25-12-10-23(31)11-13-25/h2-8,10-14H,9,15-20,31H2,1H3,(H,32,36)(H,34,35)/b24-2+. The van der Waals surface area contributed by atoms with E-state index in [4.69, 9.17) is 10.5 Å². The number of anilines is 1. The maximum atomic E-state index is 13.3. The Bertz CT molecular complexity index is 1370. The van der Waals surface area contributed by atoms with Crippen molar-refractivity contribution < 1.29 is 23.6 Å². The van der Waals surface area contributed by atoms with Crippen LogP contribution >= 0.6 is 0 Å². The van der Waals surface area contributed by atoms with Gasteiger partial charge in [-0.15, -0.1) is 0 Å². The van der Waals surface area contributed by atoms with E-state index in [0.29, 0.717) is 55.1 Å². The summed E-state index contributed by atoms with van der Waals surface area (Å²) in [4.78, 5) is 24.5. The van der Waals surface area contributed by atoms with Gasteiger partial charge in [0.25, 0.3) is 5.91 Å². The molecule has 0 saturated heterocycles. The number of aliphatic carboxylic acids is 1. The molecule has 1 unspecified atom stereocenters. The fraction of sp³-hybridized carbons (Fsp3) is 0.267. The molecule has 1 amide bonds. The highest BCUT2D eigenvalue weighted by Crippen LogP contribution is 2.33. The van der Waals surface area contributed by atoms with Gasteiger partial charge in [0.05, 0.1) is 11.5 Å². The zero-order chi connectivity index (χ0) is 27.8. The van der Waals surface area contributed by atoms with Crippen LogP contribution in [0.3, 0.4) is 0 Å². The maximum absolute atomic E-state index is 13.3. The Morgan fingerprint density at radius 2 is 1.79 bits per heavy atom. The zero-order valence-electron chi connectivity index (χ0n) is 21.9. The molecule has 0 bridgehead atoms. The SMILES string of the molecule is C/C=C(\CCOc1ccc(CCC(=O)O)c2c1CCN(S(=O)c1ccc(N)cc1)C2)NC(=O)c1ccccc1. The minimum atomic E-state index is -1.37. The number of benzene rings is 3. The number of fused-ring (bicyclic) bond motifs is 1. The van der Waals surface area contributed by atoms with E-state index in [1.165, 1.54) is 0 Å². The van der Waals surface area contributed by atoms with E-state index < -0.39 is 17.0 Å². The third kappa shape index (κ3) is 7.34. The molecule has 0 radical (unpaired) electrons. The summed E-state index contributed by atoms with van der Waals surface area (Å²) in [6.45, 7) is 3.22. The topological polar surface area (TPSA) is 122 Å². The molecule has 204 valence electrons. The van der Waals surface area contributed by atoms with Crippen LogP contribution in [-0.2, 0) is 35.2 Å². The number of nitrogens with zero attached hydrogens (tertiary/aromatic N) is 1. The number of carboxylic acid groups (broad SMARTS) is 1. The van der Waals surface area contributed by atoms with Gasteiger partial charge in [-0.2, -0.15) is 0 Å². The predicted molar refractivity (Wildman–Crippen MR) is 152 cm³/mol. The van der Waals surface area contributed by atoms with Crippen molar-refractivity contribution in [2.24, 2.45) is 0 Å². The third-order valence-corrected chi connectivity index (χ3v) is 8.10. The van der Waals surface area contributed by atoms with Gasteiger partial charge in [0.1, 0.15) is 16.7 Å². The Kier molecular flexibility index (Phi) is 9.51. The second kappa shape index (κ2) is 13.2. The first-order valence-corrected chi connectivity index (χ1v) is 14.0. The summed E-state index contributed by atoms with van der Waals surface area (Å²) in [7, 11) is -1.37. The minimum absolute atomic E-state index is 0.0134. The summed E-state index contributed by atoms with van der Waals surface area (Å²) in [5.41, 5.74) is 10.6. The number of hydrogen-bond donors (Lipinski definition) is 3. The molecule has 0 aromatic heterocycles. The number of carbonyl (C=O) groups excluding carboxylic acids is 1. The van der Waals surface area contributed by atoms with Crippen molar-refractivity contribution >= 4 is 28.5 Å². The third-order valence-electron chi connectivity index (χ3n) is 6.64. The second-order valence-electron chi connectivity index (χ2n) is 9.24. The zero-order valence-corrected chi connectivity index (χ0v) is 22.7. The van der Waals surface area contributed by atoms with Gasteiger partial charge < -0.3 is 20.9 Å². The first-order chi connectivity index (χ1) is 18.9. The fourth-order valence-corrected chi connectivity index (χ4v) is 5.70. The van der Waals surface area contributed by atoms with E-state index in [-0.39, 0.29) is 12.3 Å². The predicted octanol–water partition coefficient (Wildman–Crippen LogP) is 4.47. The molecule has 3 aromatic rings. The quantitative estimate of drug-likeness (QED) is 0.305. The van der Waals surface area contributed by atoms with Crippen LogP contribution in [0.25, 0.3) is 0 Å². The fourth-order valence-electron chi connectivity index (χ4n) is 4.53. The average Bonchev–Trinajstić information content (AvgIpc) is 2.96. The number of aryl methyl sites for hydroxylation is 1. The molecule has 9 heteroatoms. The highest BCUT2D eigenvalue weighted by Gasteiger charge is 2.26. The monoisotopic (exact) mass is 547 g/mol. The number of carbonyl (C=O) groups is 2.